The van der Waals surface area contributed by atoms with Crippen molar-refractivity contribution in [1.29, 1.82) is 0 Å². The van der Waals surface area contributed by atoms with Gasteiger partial charge in [0.1, 0.15) is 5.75 Å². The zero-order valence-electron chi connectivity index (χ0n) is 23.3. The number of carbonyl (C=O) groups excluding carboxylic acids is 1. The van der Waals surface area contributed by atoms with Crippen LogP contribution in [0.3, 0.4) is 0 Å². The molecule has 3 aromatic rings. The first-order valence-corrected chi connectivity index (χ1v) is 15.8. The number of ether oxygens (including phenoxy) is 1. The second-order valence-corrected chi connectivity index (χ2v) is 12.8. The molecular weight excluding hydrogens is 544 g/mol. The Morgan fingerprint density at radius 1 is 1.05 bits per heavy atom. The number of hydrogen-bond donors (Lipinski definition) is 2. The molecule has 4 heterocycles. The fourth-order valence-electron chi connectivity index (χ4n) is 5.22. The Bertz CT molecular complexity index is 1240. The molecule has 2 N–H and O–H groups in total. The maximum atomic E-state index is 12.6. The van der Waals surface area contributed by atoms with Gasteiger partial charge in [-0.3, -0.25) is 15.0 Å². The van der Waals surface area contributed by atoms with Crippen molar-refractivity contribution in [3.05, 3.63) is 48.2 Å². The number of benzene rings is 1. The molecule has 0 spiro atoms. The first kappa shape index (κ1) is 28.6. The number of likely N-dealkylation sites (tertiary alicyclic amines) is 1. The molecule has 0 aliphatic carbocycles. The second kappa shape index (κ2) is 13.6. The van der Waals surface area contributed by atoms with E-state index in [-0.39, 0.29) is 18.1 Å². The van der Waals surface area contributed by atoms with Crippen LogP contribution in [-0.4, -0.2) is 80.5 Å². The largest absolute Gasteiger partial charge is 0.491 e. The Balaban J connectivity index is 1.02. The summed E-state index contributed by atoms with van der Waals surface area (Å²) < 4.78 is 6.05. The number of aromatic nitrogens is 4. The van der Waals surface area contributed by atoms with Gasteiger partial charge in [0, 0.05) is 42.2 Å². The molecule has 0 saturated carbocycles. The van der Waals surface area contributed by atoms with Gasteiger partial charge in [0.05, 0.1) is 11.9 Å². The number of piperidine rings is 1. The Labute approximate surface area is 244 Å². The normalized spacial score (nSPS) is 19.1. The lowest BCUT2D eigenvalue weighted by Gasteiger charge is -2.36. The van der Waals surface area contributed by atoms with E-state index in [1.54, 1.807) is 18.0 Å². The average molecular weight is 583 g/mol. The van der Waals surface area contributed by atoms with Crippen molar-refractivity contribution < 1.29 is 9.53 Å². The minimum Gasteiger partial charge on any atom is -0.491 e. The molecule has 10 nitrogen and oxygen atoms in total. The summed E-state index contributed by atoms with van der Waals surface area (Å²) in [6.45, 7) is 10.1. The van der Waals surface area contributed by atoms with Crippen LogP contribution in [0.25, 0.3) is 0 Å². The number of nitrogens with one attached hydrogen (secondary N) is 2. The lowest BCUT2D eigenvalue weighted by atomic mass is 10.0. The van der Waals surface area contributed by atoms with Crippen molar-refractivity contribution in [2.24, 2.45) is 0 Å². The fourth-order valence-corrected chi connectivity index (χ4v) is 6.96. The third kappa shape index (κ3) is 7.61. The average Bonchev–Trinajstić information content (AvgIpc) is 3.62. The van der Waals surface area contributed by atoms with Gasteiger partial charge in [-0.15, -0.1) is 27.1 Å². The van der Waals surface area contributed by atoms with E-state index in [9.17, 15) is 4.79 Å². The van der Waals surface area contributed by atoms with Crippen LogP contribution in [0.5, 0.6) is 5.75 Å². The lowest BCUT2D eigenvalue weighted by Crippen LogP contribution is -2.37. The van der Waals surface area contributed by atoms with Crippen molar-refractivity contribution in [3.63, 3.8) is 0 Å². The topological polar surface area (TPSA) is 108 Å². The molecular formula is C28H38N8O2S2. The summed E-state index contributed by atoms with van der Waals surface area (Å²) in [4.78, 5) is 17.4. The Kier molecular flexibility index (Phi) is 9.71. The van der Waals surface area contributed by atoms with Crippen LogP contribution < -0.4 is 20.3 Å². The number of para-hydroxylation sites is 1. The SMILES string of the molecule is CC(C)Oc1ccccc1C(C)N1CCC(SCC(=O)Nc2nnc(N[C@@H]3CCN(c4cccnn4)C3)s2)CC1. The summed E-state index contributed by atoms with van der Waals surface area (Å²) in [5.74, 6) is 2.25. The Morgan fingerprint density at radius 3 is 2.62 bits per heavy atom. The molecule has 2 fully saturated rings. The molecule has 2 aromatic heterocycles. The summed E-state index contributed by atoms with van der Waals surface area (Å²) in [6, 6.07) is 12.8. The van der Waals surface area contributed by atoms with Gasteiger partial charge in [0.25, 0.3) is 0 Å². The predicted octanol–water partition coefficient (Wildman–Crippen LogP) is 4.70. The summed E-state index contributed by atoms with van der Waals surface area (Å²) in [5, 5.41) is 24.6. The van der Waals surface area contributed by atoms with Crippen LogP contribution in [0.4, 0.5) is 16.1 Å². The number of amides is 1. The van der Waals surface area contributed by atoms with Gasteiger partial charge in [0.15, 0.2) is 5.82 Å². The molecule has 5 rings (SSSR count). The Hall–Kier alpha value is -2.96. The van der Waals surface area contributed by atoms with E-state index >= 15 is 0 Å². The van der Waals surface area contributed by atoms with Crippen molar-refractivity contribution in [3.8, 4) is 5.75 Å². The van der Waals surface area contributed by atoms with Crippen LogP contribution in [0.1, 0.15) is 51.6 Å². The van der Waals surface area contributed by atoms with E-state index < -0.39 is 0 Å². The first-order chi connectivity index (χ1) is 19.4. The molecule has 2 aliphatic heterocycles. The standard InChI is InChI=1S/C28H38N8O2S2/c1-19(2)38-24-8-5-4-7-23(24)20(3)35-15-11-22(12-16-35)39-18-26(37)31-28-34-33-27(40-28)30-21-10-14-36(17-21)25-9-6-13-29-32-25/h4-9,13,19-22H,10-12,14-18H2,1-3H3,(H,30,33)(H,31,34,37)/t20?,21-/m1/s1. The molecule has 0 bridgehead atoms. The third-order valence-corrected chi connectivity index (χ3v) is 9.42. The van der Waals surface area contributed by atoms with Gasteiger partial charge < -0.3 is 15.0 Å². The number of hydrogen-bond acceptors (Lipinski definition) is 11. The third-order valence-electron chi connectivity index (χ3n) is 7.28. The molecule has 2 aliphatic rings. The van der Waals surface area contributed by atoms with E-state index in [0.29, 0.717) is 22.2 Å². The zero-order chi connectivity index (χ0) is 27.9. The summed E-state index contributed by atoms with van der Waals surface area (Å²) in [5.41, 5.74) is 1.24. The maximum Gasteiger partial charge on any atom is 0.236 e. The minimum atomic E-state index is -0.0297. The Morgan fingerprint density at radius 2 is 1.85 bits per heavy atom. The highest BCUT2D eigenvalue weighted by Crippen LogP contribution is 2.34. The predicted molar refractivity (Wildman–Crippen MR) is 162 cm³/mol. The molecule has 40 heavy (non-hydrogen) atoms. The highest BCUT2D eigenvalue weighted by molar-refractivity contribution is 8.00. The number of rotatable bonds is 11. The molecule has 1 aromatic carbocycles. The minimum absolute atomic E-state index is 0.0297. The summed E-state index contributed by atoms with van der Waals surface area (Å²) in [7, 11) is 0. The van der Waals surface area contributed by atoms with Gasteiger partial charge in [0.2, 0.25) is 16.2 Å². The first-order valence-electron chi connectivity index (χ1n) is 14.0. The van der Waals surface area contributed by atoms with E-state index in [0.717, 1.165) is 62.1 Å². The van der Waals surface area contributed by atoms with Crippen molar-refractivity contribution in [2.45, 2.75) is 63.5 Å². The van der Waals surface area contributed by atoms with E-state index in [4.69, 9.17) is 4.74 Å². The number of carbonyl (C=O) groups is 1. The van der Waals surface area contributed by atoms with Crippen molar-refractivity contribution >= 4 is 45.1 Å². The number of nitrogens with zero attached hydrogens (tertiary/aromatic N) is 6. The van der Waals surface area contributed by atoms with Gasteiger partial charge in [-0.1, -0.05) is 29.5 Å². The molecule has 12 heteroatoms. The monoisotopic (exact) mass is 582 g/mol. The molecule has 0 radical (unpaired) electrons. The van der Waals surface area contributed by atoms with Crippen molar-refractivity contribution in [2.75, 3.05) is 47.5 Å². The summed E-state index contributed by atoms with van der Waals surface area (Å²) >= 11 is 3.11. The molecule has 1 amide bonds. The van der Waals surface area contributed by atoms with Gasteiger partial charge in [-0.2, -0.15) is 5.10 Å². The van der Waals surface area contributed by atoms with Crippen LogP contribution >= 0.6 is 23.1 Å². The highest BCUT2D eigenvalue weighted by atomic mass is 32.2. The number of thioether (sulfide) groups is 1. The maximum absolute atomic E-state index is 12.6. The van der Waals surface area contributed by atoms with Gasteiger partial charge in [-0.05, 0) is 71.3 Å². The smallest absolute Gasteiger partial charge is 0.236 e. The summed E-state index contributed by atoms with van der Waals surface area (Å²) in [6.07, 6.45) is 4.94. The van der Waals surface area contributed by atoms with Gasteiger partial charge in [-0.25, -0.2) is 0 Å². The fraction of sp³-hybridized carbons (Fsp3) is 0.536. The quantitative estimate of drug-likeness (QED) is 0.330. The van der Waals surface area contributed by atoms with E-state index in [1.165, 1.54) is 16.9 Å². The zero-order valence-corrected chi connectivity index (χ0v) is 25.0. The molecule has 1 unspecified atom stereocenters. The van der Waals surface area contributed by atoms with Crippen LogP contribution in [0.2, 0.25) is 0 Å². The second-order valence-electron chi connectivity index (χ2n) is 10.5. The van der Waals surface area contributed by atoms with Crippen LogP contribution in [0.15, 0.2) is 42.6 Å². The van der Waals surface area contributed by atoms with Gasteiger partial charge >= 0.3 is 0 Å². The highest BCUT2D eigenvalue weighted by Gasteiger charge is 2.27. The van der Waals surface area contributed by atoms with Crippen LogP contribution in [0, 0.1) is 0 Å². The molecule has 2 saturated heterocycles. The van der Waals surface area contributed by atoms with Crippen LogP contribution in [-0.2, 0) is 4.79 Å². The molecule has 2 atom stereocenters. The van der Waals surface area contributed by atoms with E-state index in [2.05, 4.69) is 79.8 Å². The number of anilines is 3. The lowest BCUT2D eigenvalue weighted by molar-refractivity contribution is -0.113. The van der Waals surface area contributed by atoms with E-state index in [1.807, 2.05) is 18.2 Å². The molecule has 214 valence electrons. The van der Waals surface area contributed by atoms with Crippen molar-refractivity contribution in [1.82, 2.24) is 25.3 Å².